The Bertz CT molecular complexity index is 577. The van der Waals surface area contributed by atoms with Gasteiger partial charge in [0.15, 0.2) is 0 Å². The van der Waals surface area contributed by atoms with Crippen molar-refractivity contribution >= 4 is 22.9 Å². The zero-order valence-electron chi connectivity index (χ0n) is 9.64. The summed E-state index contributed by atoms with van der Waals surface area (Å²) in [6.45, 7) is 0.353. The number of imidazole rings is 1. The van der Waals surface area contributed by atoms with Crippen LogP contribution in [0.2, 0.25) is 0 Å². The van der Waals surface area contributed by atoms with Crippen LogP contribution < -0.4 is 5.32 Å². The molecule has 6 heteroatoms. The molecule has 1 amide bonds. The Morgan fingerprint density at radius 1 is 1.39 bits per heavy atom. The molecule has 94 valence electrons. The number of nitrogens with zero attached hydrogens (tertiary/aromatic N) is 1. The van der Waals surface area contributed by atoms with Gasteiger partial charge in [-0.2, -0.15) is 0 Å². The van der Waals surface area contributed by atoms with Crippen molar-refractivity contribution in [2.24, 2.45) is 0 Å². The van der Waals surface area contributed by atoms with Crippen LogP contribution >= 0.6 is 0 Å². The molecule has 2 aromatic rings. The molecule has 1 aromatic heterocycles. The summed E-state index contributed by atoms with van der Waals surface area (Å²) in [5, 5.41) is 11.1. The van der Waals surface area contributed by atoms with Crippen molar-refractivity contribution in [3.05, 3.63) is 30.1 Å². The Kier molecular flexibility index (Phi) is 3.57. The maximum atomic E-state index is 11.8. The average molecular weight is 247 g/mol. The lowest BCUT2D eigenvalue weighted by Crippen LogP contribution is -2.24. The lowest BCUT2D eigenvalue weighted by molar-refractivity contribution is -0.137. The number of hydrogen-bond donors (Lipinski definition) is 3. The summed E-state index contributed by atoms with van der Waals surface area (Å²) in [5.74, 6) is -1.07. The molecule has 0 saturated carbocycles. The van der Waals surface area contributed by atoms with E-state index < -0.39 is 5.97 Å². The molecule has 0 aliphatic heterocycles. The first-order valence-corrected chi connectivity index (χ1v) is 5.60. The molecular formula is C12H13N3O3. The van der Waals surface area contributed by atoms with Gasteiger partial charge in [-0.05, 0) is 24.6 Å². The first kappa shape index (κ1) is 12.1. The smallest absolute Gasteiger partial charge is 0.303 e. The van der Waals surface area contributed by atoms with Gasteiger partial charge in [0, 0.05) is 18.5 Å². The molecule has 0 saturated heterocycles. The molecule has 6 nitrogen and oxygen atoms in total. The number of carboxylic acid groups (broad SMARTS) is 1. The number of fused-ring (bicyclic) bond motifs is 1. The van der Waals surface area contributed by atoms with Gasteiger partial charge in [-0.25, -0.2) is 4.98 Å². The number of aromatic amines is 1. The van der Waals surface area contributed by atoms with Crippen molar-refractivity contribution in [2.45, 2.75) is 12.8 Å². The largest absolute Gasteiger partial charge is 0.481 e. The van der Waals surface area contributed by atoms with E-state index in [1.54, 1.807) is 24.5 Å². The fraction of sp³-hybridized carbons (Fsp3) is 0.250. The number of carbonyl (C=O) groups is 2. The molecule has 18 heavy (non-hydrogen) atoms. The first-order chi connectivity index (χ1) is 8.66. The molecule has 0 aliphatic carbocycles. The van der Waals surface area contributed by atoms with Gasteiger partial charge in [0.1, 0.15) is 0 Å². The molecule has 1 aromatic carbocycles. The van der Waals surface area contributed by atoms with Crippen LogP contribution in [-0.4, -0.2) is 33.5 Å². The lowest BCUT2D eigenvalue weighted by atomic mass is 10.2. The van der Waals surface area contributed by atoms with Gasteiger partial charge in [0.05, 0.1) is 17.4 Å². The summed E-state index contributed by atoms with van der Waals surface area (Å²) in [7, 11) is 0. The Morgan fingerprint density at radius 3 is 3.00 bits per heavy atom. The molecule has 0 unspecified atom stereocenters. The predicted octanol–water partition coefficient (Wildman–Crippen LogP) is 1.16. The molecule has 0 spiro atoms. The van der Waals surface area contributed by atoms with Crippen LogP contribution in [0.5, 0.6) is 0 Å². The van der Waals surface area contributed by atoms with Gasteiger partial charge in [-0.1, -0.05) is 0 Å². The summed E-state index contributed by atoms with van der Waals surface area (Å²) in [4.78, 5) is 29.1. The minimum Gasteiger partial charge on any atom is -0.481 e. The second-order valence-electron chi connectivity index (χ2n) is 3.89. The zero-order valence-corrected chi connectivity index (χ0v) is 9.64. The standard InChI is InChI=1S/C12H13N3O3/c16-11(17)2-1-5-13-12(18)8-3-4-9-10(6-8)15-7-14-9/h3-4,6-7H,1-2,5H2,(H,13,18)(H,14,15)(H,16,17). The number of H-pyrrole nitrogens is 1. The van der Waals surface area contributed by atoms with E-state index in [4.69, 9.17) is 5.11 Å². The highest BCUT2D eigenvalue weighted by Gasteiger charge is 2.07. The van der Waals surface area contributed by atoms with Crippen LogP contribution in [0.4, 0.5) is 0 Å². The van der Waals surface area contributed by atoms with Crippen molar-refractivity contribution in [2.75, 3.05) is 6.54 Å². The Labute approximate surface area is 103 Å². The third-order valence-electron chi connectivity index (χ3n) is 2.54. The molecule has 0 aliphatic rings. The van der Waals surface area contributed by atoms with Crippen LogP contribution in [-0.2, 0) is 4.79 Å². The van der Waals surface area contributed by atoms with Crippen molar-refractivity contribution in [3.63, 3.8) is 0 Å². The first-order valence-electron chi connectivity index (χ1n) is 5.60. The number of hydrogen-bond acceptors (Lipinski definition) is 3. The number of benzene rings is 1. The van der Waals surface area contributed by atoms with Gasteiger partial charge in [-0.3, -0.25) is 9.59 Å². The number of rotatable bonds is 5. The maximum Gasteiger partial charge on any atom is 0.303 e. The SMILES string of the molecule is O=C(O)CCCNC(=O)c1ccc2nc[nH]c2c1. The molecule has 0 radical (unpaired) electrons. The van der Waals surface area contributed by atoms with E-state index in [9.17, 15) is 9.59 Å². The molecule has 1 heterocycles. The van der Waals surface area contributed by atoms with Gasteiger partial charge in [-0.15, -0.1) is 0 Å². The Morgan fingerprint density at radius 2 is 2.22 bits per heavy atom. The zero-order chi connectivity index (χ0) is 13.0. The molecule has 0 fully saturated rings. The number of amides is 1. The summed E-state index contributed by atoms with van der Waals surface area (Å²) in [6, 6.07) is 5.17. The van der Waals surface area contributed by atoms with Crippen molar-refractivity contribution < 1.29 is 14.7 Å². The number of carbonyl (C=O) groups excluding carboxylic acids is 1. The average Bonchev–Trinajstić information content (AvgIpc) is 2.81. The van der Waals surface area contributed by atoms with E-state index in [0.29, 0.717) is 18.5 Å². The maximum absolute atomic E-state index is 11.8. The van der Waals surface area contributed by atoms with Crippen molar-refractivity contribution in [1.82, 2.24) is 15.3 Å². The normalized spacial score (nSPS) is 10.4. The van der Waals surface area contributed by atoms with Gasteiger partial charge in [0.2, 0.25) is 0 Å². The highest BCUT2D eigenvalue weighted by Crippen LogP contribution is 2.11. The van der Waals surface area contributed by atoms with Crippen LogP contribution in [0.15, 0.2) is 24.5 Å². The van der Waals surface area contributed by atoms with Gasteiger partial charge >= 0.3 is 5.97 Å². The number of carboxylic acids is 1. The fourth-order valence-electron chi connectivity index (χ4n) is 1.62. The summed E-state index contributed by atoms with van der Waals surface area (Å²) in [5.41, 5.74) is 2.13. The van der Waals surface area contributed by atoms with E-state index in [2.05, 4.69) is 15.3 Å². The monoisotopic (exact) mass is 247 g/mol. The van der Waals surface area contributed by atoms with Crippen LogP contribution in [0, 0.1) is 0 Å². The Balaban J connectivity index is 1.93. The third-order valence-corrected chi connectivity index (χ3v) is 2.54. The van der Waals surface area contributed by atoms with E-state index in [0.717, 1.165) is 11.0 Å². The van der Waals surface area contributed by atoms with Crippen LogP contribution in [0.1, 0.15) is 23.2 Å². The third kappa shape index (κ3) is 2.85. The summed E-state index contributed by atoms with van der Waals surface area (Å²) < 4.78 is 0. The summed E-state index contributed by atoms with van der Waals surface area (Å²) >= 11 is 0. The van der Waals surface area contributed by atoms with Crippen molar-refractivity contribution in [1.29, 1.82) is 0 Å². The second kappa shape index (κ2) is 5.31. The number of nitrogens with one attached hydrogen (secondary N) is 2. The van der Waals surface area contributed by atoms with E-state index in [1.165, 1.54) is 0 Å². The van der Waals surface area contributed by atoms with E-state index >= 15 is 0 Å². The van der Waals surface area contributed by atoms with Crippen LogP contribution in [0.25, 0.3) is 11.0 Å². The predicted molar refractivity (Wildman–Crippen MR) is 65.3 cm³/mol. The molecule has 3 N–H and O–H groups in total. The minimum atomic E-state index is -0.858. The highest BCUT2D eigenvalue weighted by molar-refractivity contribution is 5.97. The number of aliphatic carboxylic acids is 1. The quantitative estimate of drug-likeness (QED) is 0.691. The number of aromatic nitrogens is 2. The molecule has 0 atom stereocenters. The second-order valence-corrected chi connectivity index (χ2v) is 3.89. The molecule has 2 rings (SSSR count). The molecular weight excluding hydrogens is 234 g/mol. The topological polar surface area (TPSA) is 95.1 Å². The van der Waals surface area contributed by atoms with Gasteiger partial charge < -0.3 is 15.4 Å². The van der Waals surface area contributed by atoms with E-state index in [1.807, 2.05) is 0 Å². The van der Waals surface area contributed by atoms with E-state index in [-0.39, 0.29) is 12.3 Å². The molecule has 0 bridgehead atoms. The summed E-state index contributed by atoms with van der Waals surface area (Å²) in [6.07, 6.45) is 2.05. The van der Waals surface area contributed by atoms with Crippen LogP contribution in [0.3, 0.4) is 0 Å². The van der Waals surface area contributed by atoms with Crippen molar-refractivity contribution in [3.8, 4) is 0 Å². The van der Waals surface area contributed by atoms with Gasteiger partial charge in [0.25, 0.3) is 5.91 Å². The highest BCUT2D eigenvalue weighted by atomic mass is 16.4. The Hall–Kier alpha value is -2.37. The lowest BCUT2D eigenvalue weighted by Gasteiger charge is -2.04. The minimum absolute atomic E-state index is 0.0554. The fourth-order valence-corrected chi connectivity index (χ4v) is 1.62.